The van der Waals surface area contributed by atoms with Crippen LogP contribution in [0.25, 0.3) is 0 Å². The van der Waals surface area contributed by atoms with E-state index in [1.165, 1.54) is 63.4 Å². The van der Waals surface area contributed by atoms with Gasteiger partial charge in [0.05, 0.1) is 12.4 Å². The molecule has 0 saturated carbocycles. The number of nitrogens with zero attached hydrogens (tertiary/aromatic N) is 3. The normalized spacial score (nSPS) is 12.7. The second-order valence-electron chi connectivity index (χ2n) is 10.3. The van der Waals surface area contributed by atoms with Gasteiger partial charge in [-0.05, 0) is 55.2 Å². The predicted octanol–water partition coefficient (Wildman–Crippen LogP) is 9.06. The fraction of sp³-hybridized carbons (Fsp3) is 0.500. The maximum Gasteiger partial charge on any atom is 0.130 e. The summed E-state index contributed by atoms with van der Waals surface area (Å²) in [7, 11) is 0. The van der Waals surface area contributed by atoms with Gasteiger partial charge in [0.15, 0.2) is 0 Å². The highest BCUT2D eigenvalue weighted by molar-refractivity contribution is 5.43. The van der Waals surface area contributed by atoms with Crippen LogP contribution in [0.4, 0.5) is 0 Å². The molecule has 4 heteroatoms. The predicted molar refractivity (Wildman–Crippen MR) is 148 cm³/mol. The lowest BCUT2D eigenvalue weighted by molar-refractivity contribution is 0.400. The third-order valence-electron chi connectivity index (χ3n) is 7.14. The molecule has 0 spiro atoms. The Bertz CT molecular complexity index is 1080. The van der Waals surface area contributed by atoms with Gasteiger partial charge in [-0.3, -0.25) is 0 Å². The first-order chi connectivity index (χ1) is 17.6. The lowest BCUT2D eigenvalue weighted by Crippen LogP contribution is -2.30. The zero-order chi connectivity index (χ0) is 25.6. The highest BCUT2D eigenvalue weighted by atomic mass is 16.5. The second-order valence-corrected chi connectivity index (χ2v) is 10.3. The van der Waals surface area contributed by atoms with Crippen molar-refractivity contribution in [2.24, 2.45) is 0 Å². The molecule has 0 amide bonds. The molecule has 0 aliphatic heterocycles. The lowest BCUT2D eigenvalue weighted by atomic mass is 9.77. The molecule has 1 unspecified atom stereocenters. The molecular weight excluding hydrogens is 442 g/mol. The third kappa shape index (κ3) is 8.26. The molecule has 1 atom stereocenters. The smallest absolute Gasteiger partial charge is 0.130 e. The summed E-state index contributed by atoms with van der Waals surface area (Å²) in [5.74, 6) is 1.63. The Labute approximate surface area is 218 Å². The molecule has 0 bridgehead atoms. The van der Waals surface area contributed by atoms with Crippen LogP contribution in [0, 0.1) is 25.2 Å². The minimum absolute atomic E-state index is 0.591. The van der Waals surface area contributed by atoms with Gasteiger partial charge in [-0.2, -0.15) is 5.26 Å². The largest absolute Gasteiger partial charge is 0.457 e. The highest BCUT2D eigenvalue weighted by Crippen LogP contribution is 2.35. The number of aromatic nitrogens is 2. The molecule has 3 rings (SSSR count). The van der Waals surface area contributed by atoms with Crippen LogP contribution in [-0.2, 0) is 12.0 Å². The van der Waals surface area contributed by atoms with E-state index in [4.69, 9.17) is 4.74 Å². The van der Waals surface area contributed by atoms with Gasteiger partial charge in [0.1, 0.15) is 16.9 Å². The van der Waals surface area contributed by atoms with E-state index in [9.17, 15) is 5.26 Å². The summed E-state index contributed by atoms with van der Waals surface area (Å²) in [5, 5.41) is 10.5. The number of ether oxygens (including phenoxy) is 1. The molecular formula is C32H43N3O. The Morgan fingerprint density at radius 2 is 1.64 bits per heavy atom. The number of hydrogen-bond donors (Lipinski definition) is 0. The van der Waals surface area contributed by atoms with E-state index in [1.54, 1.807) is 12.5 Å². The fourth-order valence-corrected chi connectivity index (χ4v) is 4.88. The molecule has 4 nitrogen and oxygen atoms in total. The van der Waals surface area contributed by atoms with Crippen LogP contribution in [0.3, 0.4) is 0 Å². The summed E-state index contributed by atoms with van der Waals surface area (Å²) in [5.41, 5.74) is 2.65. The van der Waals surface area contributed by atoms with Crippen LogP contribution in [0.5, 0.6) is 11.5 Å². The maximum atomic E-state index is 10.5. The lowest BCUT2D eigenvalue weighted by Gasteiger charge is -2.28. The molecule has 2 aromatic carbocycles. The van der Waals surface area contributed by atoms with Crippen molar-refractivity contribution in [2.75, 3.05) is 0 Å². The van der Waals surface area contributed by atoms with Gasteiger partial charge in [-0.1, -0.05) is 95.4 Å². The molecule has 3 aromatic rings. The highest BCUT2D eigenvalue weighted by Gasteiger charge is 2.33. The van der Waals surface area contributed by atoms with Crippen molar-refractivity contribution >= 4 is 0 Å². The molecule has 36 heavy (non-hydrogen) atoms. The van der Waals surface area contributed by atoms with Crippen LogP contribution < -0.4 is 4.74 Å². The molecule has 0 aliphatic carbocycles. The van der Waals surface area contributed by atoms with E-state index in [2.05, 4.69) is 62.2 Å². The van der Waals surface area contributed by atoms with Crippen molar-refractivity contribution < 1.29 is 4.74 Å². The van der Waals surface area contributed by atoms with Crippen LogP contribution in [0.1, 0.15) is 94.2 Å². The number of nitriles is 1. The molecule has 0 fully saturated rings. The Morgan fingerprint density at radius 3 is 2.31 bits per heavy atom. The fourth-order valence-electron chi connectivity index (χ4n) is 4.88. The number of aryl methyl sites for hydroxylation is 2. The SMILES string of the molecule is CCCCCCCCCCCCC(C#N)(Cn1ccnc1)c1cccc(Oc2cc(C)ccc2C)c1. The Balaban J connectivity index is 1.67. The maximum absolute atomic E-state index is 10.5. The molecule has 0 aliphatic rings. The van der Waals surface area contributed by atoms with E-state index in [0.717, 1.165) is 35.5 Å². The number of hydrogen-bond acceptors (Lipinski definition) is 3. The van der Waals surface area contributed by atoms with Crippen LogP contribution in [-0.4, -0.2) is 9.55 Å². The van der Waals surface area contributed by atoms with Crippen molar-refractivity contribution in [3.63, 3.8) is 0 Å². The number of rotatable bonds is 16. The minimum atomic E-state index is -0.623. The number of benzene rings is 2. The van der Waals surface area contributed by atoms with E-state index in [-0.39, 0.29) is 0 Å². The molecule has 192 valence electrons. The van der Waals surface area contributed by atoms with Crippen LogP contribution in [0.2, 0.25) is 0 Å². The summed E-state index contributed by atoms with van der Waals surface area (Å²) in [6, 6.07) is 17.1. The first-order valence-electron chi connectivity index (χ1n) is 13.8. The molecule has 0 N–H and O–H groups in total. The monoisotopic (exact) mass is 485 g/mol. The van der Waals surface area contributed by atoms with Gasteiger partial charge in [0.2, 0.25) is 0 Å². The van der Waals surface area contributed by atoms with Crippen LogP contribution in [0.15, 0.2) is 61.2 Å². The van der Waals surface area contributed by atoms with Gasteiger partial charge >= 0.3 is 0 Å². The number of imidazole rings is 1. The topological polar surface area (TPSA) is 50.8 Å². The van der Waals surface area contributed by atoms with Gasteiger partial charge < -0.3 is 9.30 Å². The van der Waals surface area contributed by atoms with Crippen LogP contribution >= 0.6 is 0 Å². The van der Waals surface area contributed by atoms with Gasteiger partial charge in [-0.15, -0.1) is 0 Å². The minimum Gasteiger partial charge on any atom is -0.457 e. The van der Waals surface area contributed by atoms with E-state index < -0.39 is 5.41 Å². The summed E-state index contributed by atoms with van der Waals surface area (Å²) in [6.07, 6.45) is 19.2. The zero-order valence-corrected chi connectivity index (χ0v) is 22.5. The van der Waals surface area contributed by atoms with Crippen molar-refractivity contribution in [3.05, 3.63) is 77.9 Å². The Hall–Kier alpha value is -3.06. The quantitative estimate of drug-likeness (QED) is 0.190. The standard InChI is InChI=1S/C32H43N3O/c1-4-5-6-7-8-9-10-11-12-13-19-32(24-33,25-35-21-20-34-26-35)29-15-14-16-30(23-29)36-31-22-27(2)17-18-28(31)3/h14-18,20-23,26H,4-13,19,25H2,1-3H3. The van der Waals surface area contributed by atoms with E-state index in [0.29, 0.717) is 6.54 Å². The molecule has 0 saturated heterocycles. The van der Waals surface area contributed by atoms with Gasteiger partial charge in [-0.25, -0.2) is 4.98 Å². The van der Waals surface area contributed by atoms with E-state index >= 15 is 0 Å². The summed E-state index contributed by atoms with van der Waals surface area (Å²) < 4.78 is 8.31. The third-order valence-corrected chi connectivity index (χ3v) is 7.14. The van der Waals surface area contributed by atoms with Gasteiger partial charge in [0.25, 0.3) is 0 Å². The average Bonchev–Trinajstić information content (AvgIpc) is 3.40. The molecule has 1 heterocycles. The Kier molecular flexibility index (Phi) is 11.1. The second kappa shape index (κ2) is 14.5. The first kappa shape index (κ1) is 27.5. The van der Waals surface area contributed by atoms with Crippen molar-refractivity contribution in [1.82, 2.24) is 9.55 Å². The van der Waals surface area contributed by atoms with Crippen molar-refractivity contribution in [2.45, 2.75) is 103 Å². The van der Waals surface area contributed by atoms with Crippen molar-refractivity contribution in [3.8, 4) is 17.6 Å². The zero-order valence-electron chi connectivity index (χ0n) is 22.5. The van der Waals surface area contributed by atoms with E-state index in [1.807, 2.05) is 22.9 Å². The van der Waals surface area contributed by atoms with Crippen molar-refractivity contribution in [1.29, 1.82) is 5.26 Å². The summed E-state index contributed by atoms with van der Waals surface area (Å²) in [6.45, 7) is 6.99. The molecule has 1 aromatic heterocycles. The average molecular weight is 486 g/mol. The Morgan fingerprint density at radius 1 is 0.917 bits per heavy atom. The first-order valence-corrected chi connectivity index (χ1v) is 13.8. The van der Waals surface area contributed by atoms with Gasteiger partial charge in [0, 0.05) is 18.9 Å². The molecule has 0 radical (unpaired) electrons. The number of unbranched alkanes of at least 4 members (excludes halogenated alkanes) is 9. The summed E-state index contributed by atoms with van der Waals surface area (Å²) >= 11 is 0. The summed E-state index contributed by atoms with van der Waals surface area (Å²) in [4.78, 5) is 4.21.